The first kappa shape index (κ1) is 16.5. The van der Waals surface area contributed by atoms with E-state index in [0.29, 0.717) is 12.5 Å². The van der Waals surface area contributed by atoms with Gasteiger partial charge in [-0.2, -0.15) is 0 Å². The molecule has 1 aromatic carbocycles. The molecular weight excluding hydrogens is 252 g/mol. The lowest BCUT2D eigenvalue weighted by Gasteiger charge is -2.10. The Hall–Kier alpha value is -1.59. The van der Waals surface area contributed by atoms with Crippen molar-refractivity contribution in [2.24, 2.45) is 10.8 Å². The largest absolute Gasteiger partial charge is 0.382 e. The minimum Gasteiger partial charge on any atom is -0.382 e. The van der Waals surface area contributed by atoms with Crippen LogP contribution in [0.5, 0.6) is 0 Å². The number of aryl methyl sites for hydroxylation is 1. The summed E-state index contributed by atoms with van der Waals surface area (Å²) in [5.41, 5.74) is 4.90. The summed E-state index contributed by atoms with van der Waals surface area (Å²) < 4.78 is 5.26. The topological polar surface area (TPSA) is 71.7 Å². The Morgan fingerprint density at radius 3 is 2.60 bits per heavy atom. The number of ether oxygens (including phenoxy) is 1. The van der Waals surface area contributed by atoms with Crippen LogP contribution < -0.4 is 16.6 Å². The summed E-state index contributed by atoms with van der Waals surface area (Å²) in [6, 6.07) is 8.32. The first-order chi connectivity index (χ1) is 9.80. The van der Waals surface area contributed by atoms with Gasteiger partial charge in [0.25, 0.3) is 0 Å². The van der Waals surface area contributed by atoms with E-state index in [4.69, 9.17) is 10.6 Å². The van der Waals surface area contributed by atoms with Crippen LogP contribution in [0.3, 0.4) is 0 Å². The number of nitrogens with zero attached hydrogens (tertiary/aromatic N) is 1. The van der Waals surface area contributed by atoms with Crippen LogP contribution in [-0.2, 0) is 11.2 Å². The number of benzene rings is 1. The summed E-state index contributed by atoms with van der Waals surface area (Å²) in [5.74, 6) is 6.04. The molecule has 0 saturated heterocycles. The number of nitrogens with two attached hydrogens (primary N) is 1. The third kappa shape index (κ3) is 6.54. The van der Waals surface area contributed by atoms with Gasteiger partial charge in [0, 0.05) is 25.4 Å². The van der Waals surface area contributed by atoms with E-state index in [9.17, 15) is 0 Å². The van der Waals surface area contributed by atoms with Gasteiger partial charge in [-0.15, -0.1) is 0 Å². The second-order valence-corrected chi connectivity index (χ2v) is 4.50. The molecule has 0 spiro atoms. The van der Waals surface area contributed by atoms with Crippen molar-refractivity contribution in [2.45, 2.75) is 33.1 Å². The number of anilines is 1. The number of aliphatic imine (C=N–C) groups is 1. The maximum atomic E-state index is 5.46. The molecule has 0 aliphatic rings. The second kappa shape index (κ2) is 10.2. The van der Waals surface area contributed by atoms with Crippen molar-refractivity contribution in [2.75, 3.05) is 25.1 Å². The van der Waals surface area contributed by atoms with Gasteiger partial charge in [-0.1, -0.05) is 25.5 Å². The highest BCUT2D eigenvalue weighted by atomic mass is 16.5. The summed E-state index contributed by atoms with van der Waals surface area (Å²) in [6.07, 6.45) is 3.15. The third-order valence-electron chi connectivity index (χ3n) is 2.81. The molecule has 0 aliphatic carbocycles. The molecule has 0 fully saturated rings. The van der Waals surface area contributed by atoms with Crippen LogP contribution in [0.4, 0.5) is 5.69 Å². The fourth-order valence-electron chi connectivity index (χ4n) is 1.80. The summed E-state index contributed by atoms with van der Waals surface area (Å²) in [7, 11) is 0. The molecule has 112 valence electrons. The molecule has 0 aromatic heterocycles. The highest BCUT2D eigenvalue weighted by molar-refractivity contribution is 5.93. The Bertz CT molecular complexity index is 389. The zero-order valence-electron chi connectivity index (χ0n) is 12.5. The average Bonchev–Trinajstić information content (AvgIpc) is 2.48. The van der Waals surface area contributed by atoms with E-state index in [2.05, 4.69) is 34.8 Å². The molecule has 1 rings (SSSR count). The molecule has 0 unspecified atom stereocenters. The second-order valence-electron chi connectivity index (χ2n) is 4.50. The quantitative estimate of drug-likeness (QED) is 0.224. The van der Waals surface area contributed by atoms with E-state index < -0.39 is 0 Å². The van der Waals surface area contributed by atoms with Crippen LogP contribution >= 0.6 is 0 Å². The summed E-state index contributed by atoms with van der Waals surface area (Å²) in [5, 5.41) is 3.16. The van der Waals surface area contributed by atoms with Crippen molar-refractivity contribution >= 4 is 11.6 Å². The van der Waals surface area contributed by atoms with Crippen LogP contribution in [0.1, 0.15) is 32.3 Å². The molecule has 4 N–H and O–H groups in total. The molecule has 0 atom stereocenters. The lowest BCUT2D eigenvalue weighted by atomic mass is 10.1. The molecule has 0 radical (unpaired) electrons. The van der Waals surface area contributed by atoms with Crippen molar-refractivity contribution in [3.05, 3.63) is 29.8 Å². The third-order valence-corrected chi connectivity index (χ3v) is 2.81. The van der Waals surface area contributed by atoms with E-state index in [1.165, 1.54) is 5.56 Å². The predicted molar refractivity (Wildman–Crippen MR) is 84.8 cm³/mol. The van der Waals surface area contributed by atoms with Crippen LogP contribution in [0.25, 0.3) is 0 Å². The number of rotatable bonds is 8. The monoisotopic (exact) mass is 278 g/mol. The lowest BCUT2D eigenvalue weighted by molar-refractivity contribution is 0.146. The molecule has 5 heteroatoms. The molecule has 20 heavy (non-hydrogen) atoms. The van der Waals surface area contributed by atoms with Gasteiger partial charge in [0.2, 0.25) is 5.96 Å². The Kier molecular flexibility index (Phi) is 8.42. The number of guanidine groups is 1. The predicted octanol–water partition coefficient (Wildman–Crippen LogP) is 2.30. The fraction of sp³-hybridized carbons (Fsp3) is 0.533. The van der Waals surface area contributed by atoms with E-state index in [1.807, 2.05) is 19.1 Å². The minimum absolute atomic E-state index is 0.574. The summed E-state index contributed by atoms with van der Waals surface area (Å²) >= 11 is 0. The van der Waals surface area contributed by atoms with Crippen molar-refractivity contribution in [3.63, 3.8) is 0 Å². The molecule has 0 heterocycles. The van der Waals surface area contributed by atoms with Gasteiger partial charge >= 0.3 is 0 Å². The van der Waals surface area contributed by atoms with Crippen molar-refractivity contribution in [3.8, 4) is 0 Å². The van der Waals surface area contributed by atoms with Crippen molar-refractivity contribution in [1.29, 1.82) is 0 Å². The smallest absolute Gasteiger partial charge is 0.210 e. The van der Waals surface area contributed by atoms with E-state index in [0.717, 1.165) is 38.2 Å². The average molecular weight is 278 g/mol. The van der Waals surface area contributed by atoms with Crippen LogP contribution in [0, 0.1) is 0 Å². The van der Waals surface area contributed by atoms with Gasteiger partial charge in [0.15, 0.2) is 0 Å². The van der Waals surface area contributed by atoms with E-state index >= 15 is 0 Å². The Morgan fingerprint density at radius 2 is 2.00 bits per heavy atom. The maximum absolute atomic E-state index is 5.46. The summed E-state index contributed by atoms with van der Waals surface area (Å²) in [6.45, 7) is 6.31. The van der Waals surface area contributed by atoms with E-state index in [-0.39, 0.29) is 0 Å². The molecule has 0 bridgehead atoms. The maximum Gasteiger partial charge on any atom is 0.210 e. The number of nitrogens with one attached hydrogen (secondary N) is 2. The lowest BCUT2D eigenvalue weighted by Crippen LogP contribution is -2.36. The molecule has 0 aliphatic heterocycles. The van der Waals surface area contributed by atoms with Crippen molar-refractivity contribution < 1.29 is 4.74 Å². The highest BCUT2D eigenvalue weighted by Gasteiger charge is 1.98. The minimum atomic E-state index is 0.574. The summed E-state index contributed by atoms with van der Waals surface area (Å²) in [4.78, 5) is 4.36. The molecule has 1 aromatic rings. The molecule has 5 nitrogen and oxygen atoms in total. The van der Waals surface area contributed by atoms with Gasteiger partial charge < -0.3 is 10.1 Å². The van der Waals surface area contributed by atoms with Gasteiger partial charge in [-0.3, -0.25) is 10.4 Å². The highest BCUT2D eigenvalue weighted by Crippen LogP contribution is 2.10. The number of hydrogen-bond acceptors (Lipinski definition) is 3. The first-order valence-corrected chi connectivity index (χ1v) is 7.24. The van der Waals surface area contributed by atoms with Crippen molar-refractivity contribution in [1.82, 2.24) is 5.43 Å². The van der Waals surface area contributed by atoms with Gasteiger partial charge in [0.05, 0.1) is 0 Å². The zero-order valence-corrected chi connectivity index (χ0v) is 12.5. The van der Waals surface area contributed by atoms with Crippen LogP contribution in [0.2, 0.25) is 0 Å². The standard InChI is InChI=1S/C15H26N4O/c1-3-6-13-7-9-14(10-8-13)18-15(19-16)17-11-5-12-20-4-2/h7-10H,3-6,11-12,16H2,1-2H3,(H2,17,18,19). The number of hydrazine groups is 1. The first-order valence-electron chi connectivity index (χ1n) is 7.24. The fourth-order valence-corrected chi connectivity index (χ4v) is 1.80. The number of hydrogen-bond donors (Lipinski definition) is 3. The van der Waals surface area contributed by atoms with Gasteiger partial charge in [-0.05, 0) is 37.5 Å². The zero-order chi connectivity index (χ0) is 14.6. The molecule has 0 amide bonds. The molecular formula is C15H26N4O. The van der Waals surface area contributed by atoms with E-state index in [1.54, 1.807) is 0 Å². The van der Waals surface area contributed by atoms with Gasteiger partial charge in [-0.25, -0.2) is 5.84 Å². The van der Waals surface area contributed by atoms with Gasteiger partial charge in [0.1, 0.15) is 0 Å². The Labute approximate surface area is 121 Å². The molecule has 0 saturated carbocycles. The Morgan fingerprint density at radius 1 is 1.25 bits per heavy atom. The Balaban J connectivity index is 2.44. The normalized spacial score (nSPS) is 11.4. The van der Waals surface area contributed by atoms with Crippen LogP contribution in [0.15, 0.2) is 29.3 Å². The van der Waals surface area contributed by atoms with Crippen LogP contribution in [-0.4, -0.2) is 25.7 Å². The SMILES string of the molecule is CCCc1ccc(NC(=NCCCOCC)NN)cc1.